The topological polar surface area (TPSA) is 93.5 Å². The SMILES string of the molecule is COc1ccc(C(=O)Nc2cccc(SC(C(=O)Nc3ccc(-c4nc5ccccc5o4)cc3)c3ccccc3)c2)cc1. The number of thioether (sulfide) groups is 1. The number of rotatable bonds is 9. The van der Waals surface area contributed by atoms with Crippen molar-refractivity contribution >= 4 is 46.1 Å². The fourth-order valence-electron chi connectivity index (χ4n) is 4.53. The Morgan fingerprint density at radius 3 is 2.26 bits per heavy atom. The zero-order valence-electron chi connectivity index (χ0n) is 23.2. The minimum Gasteiger partial charge on any atom is -0.497 e. The van der Waals surface area contributed by atoms with Crippen molar-refractivity contribution in [2.75, 3.05) is 17.7 Å². The van der Waals surface area contributed by atoms with Gasteiger partial charge in [-0.2, -0.15) is 0 Å². The van der Waals surface area contributed by atoms with Gasteiger partial charge in [0.05, 0.1) is 7.11 Å². The van der Waals surface area contributed by atoms with Gasteiger partial charge >= 0.3 is 0 Å². The summed E-state index contributed by atoms with van der Waals surface area (Å²) in [6.07, 6.45) is 0. The molecule has 6 aromatic rings. The van der Waals surface area contributed by atoms with Gasteiger partial charge in [0.25, 0.3) is 5.91 Å². The lowest BCUT2D eigenvalue weighted by atomic mass is 10.1. The van der Waals surface area contributed by atoms with Crippen LogP contribution in [0.3, 0.4) is 0 Å². The van der Waals surface area contributed by atoms with E-state index in [4.69, 9.17) is 9.15 Å². The summed E-state index contributed by atoms with van der Waals surface area (Å²) in [5, 5.41) is 5.46. The summed E-state index contributed by atoms with van der Waals surface area (Å²) in [6.45, 7) is 0. The second-order valence-electron chi connectivity index (χ2n) is 9.67. The Morgan fingerprint density at radius 2 is 1.51 bits per heavy atom. The van der Waals surface area contributed by atoms with E-state index < -0.39 is 5.25 Å². The van der Waals surface area contributed by atoms with E-state index in [9.17, 15) is 9.59 Å². The van der Waals surface area contributed by atoms with Crippen molar-refractivity contribution < 1.29 is 18.7 Å². The second kappa shape index (κ2) is 12.7. The molecule has 8 heteroatoms. The van der Waals surface area contributed by atoms with Crippen molar-refractivity contribution in [3.8, 4) is 17.2 Å². The predicted molar refractivity (Wildman–Crippen MR) is 171 cm³/mol. The Balaban J connectivity index is 1.17. The smallest absolute Gasteiger partial charge is 0.255 e. The summed E-state index contributed by atoms with van der Waals surface area (Å²) in [6, 6.07) is 39.0. The number of methoxy groups -OCH3 is 1. The Kier molecular flexibility index (Phi) is 8.19. The Labute approximate surface area is 252 Å². The molecule has 1 unspecified atom stereocenters. The maximum absolute atomic E-state index is 13.6. The molecule has 212 valence electrons. The predicted octanol–water partition coefficient (Wildman–Crippen LogP) is 8.23. The largest absolute Gasteiger partial charge is 0.497 e. The molecule has 2 N–H and O–H groups in total. The third-order valence-electron chi connectivity index (χ3n) is 6.73. The lowest BCUT2D eigenvalue weighted by Crippen LogP contribution is -2.19. The number of carbonyl (C=O) groups excluding carboxylic acids is 2. The number of nitrogens with zero attached hydrogens (tertiary/aromatic N) is 1. The van der Waals surface area contributed by atoms with E-state index in [0.29, 0.717) is 28.6 Å². The Hall–Kier alpha value is -5.34. The van der Waals surface area contributed by atoms with Gasteiger partial charge in [-0.1, -0.05) is 48.5 Å². The second-order valence-corrected chi connectivity index (χ2v) is 10.9. The average molecular weight is 586 g/mol. The van der Waals surface area contributed by atoms with Gasteiger partial charge in [0.2, 0.25) is 11.8 Å². The van der Waals surface area contributed by atoms with Crippen molar-refractivity contribution in [3.05, 3.63) is 139 Å². The van der Waals surface area contributed by atoms with Crippen LogP contribution in [-0.4, -0.2) is 23.9 Å². The van der Waals surface area contributed by atoms with Crippen molar-refractivity contribution in [1.82, 2.24) is 4.98 Å². The monoisotopic (exact) mass is 585 g/mol. The molecule has 1 aromatic heterocycles. The minimum absolute atomic E-state index is 0.168. The van der Waals surface area contributed by atoms with Crippen LogP contribution >= 0.6 is 11.8 Å². The van der Waals surface area contributed by atoms with Crippen molar-refractivity contribution in [3.63, 3.8) is 0 Å². The lowest BCUT2D eigenvalue weighted by Gasteiger charge is -2.18. The highest BCUT2D eigenvalue weighted by molar-refractivity contribution is 8.00. The molecule has 1 heterocycles. The number of amides is 2. The van der Waals surface area contributed by atoms with Crippen molar-refractivity contribution in [2.24, 2.45) is 0 Å². The van der Waals surface area contributed by atoms with E-state index in [0.717, 1.165) is 27.1 Å². The molecule has 7 nitrogen and oxygen atoms in total. The van der Waals surface area contributed by atoms with Gasteiger partial charge in [-0.25, -0.2) is 4.98 Å². The normalized spacial score (nSPS) is 11.6. The summed E-state index contributed by atoms with van der Waals surface area (Å²) in [4.78, 5) is 31.8. The fraction of sp³-hybridized carbons (Fsp3) is 0.0571. The molecule has 5 aromatic carbocycles. The molecule has 0 saturated heterocycles. The zero-order valence-corrected chi connectivity index (χ0v) is 24.0. The first-order valence-electron chi connectivity index (χ1n) is 13.6. The molecule has 1 atom stereocenters. The maximum Gasteiger partial charge on any atom is 0.255 e. The number of oxazole rings is 1. The molecule has 0 spiro atoms. The molecule has 43 heavy (non-hydrogen) atoms. The number of hydrogen-bond acceptors (Lipinski definition) is 6. The summed E-state index contributed by atoms with van der Waals surface area (Å²) in [7, 11) is 1.58. The third kappa shape index (κ3) is 6.60. The van der Waals surface area contributed by atoms with Crippen LogP contribution in [0.15, 0.2) is 137 Å². The molecular formula is C35H27N3O4S. The summed E-state index contributed by atoms with van der Waals surface area (Å²) in [5.74, 6) is 0.803. The number of benzene rings is 5. The third-order valence-corrected chi connectivity index (χ3v) is 7.98. The molecule has 6 rings (SSSR count). The summed E-state index contributed by atoms with van der Waals surface area (Å²) in [5.41, 5.74) is 5.00. The van der Waals surface area contributed by atoms with Crippen molar-refractivity contribution in [1.29, 1.82) is 0 Å². The highest BCUT2D eigenvalue weighted by atomic mass is 32.2. The number of anilines is 2. The molecule has 0 aliphatic rings. The average Bonchev–Trinajstić information content (AvgIpc) is 3.49. The number of para-hydroxylation sites is 2. The number of hydrogen-bond donors (Lipinski definition) is 2. The number of carbonyl (C=O) groups is 2. The van der Waals surface area contributed by atoms with E-state index in [-0.39, 0.29) is 11.8 Å². The molecule has 0 bridgehead atoms. The molecule has 0 aliphatic carbocycles. The molecule has 2 amide bonds. The lowest BCUT2D eigenvalue weighted by molar-refractivity contribution is -0.115. The Bertz CT molecular complexity index is 1840. The maximum atomic E-state index is 13.6. The van der Waals surface area contributed by atoms with E-state index in [1.165, 1.54) is 11.8 Å². The standard InChI is InChI=1S/C35H27N3O4S/c1-41-28-20-16-24(17-21-28)33(39)37-27-10-7-11-29(22-27)43-32(23-8-3-2-4-9-23)34(40)36-26-18-14-25(15-19-26)35-38-30-12-5-6-13-31(30)42-35/h2-22,32H,1H3,(H,36,40)(H,37,39). The summed E-state index contributed by atoms with van der Waals surface area (Å²) >= 11 is 1.41. The van der Waals surface area contributed by atoms with E-state index in [1.807, 2.05) is 103 Å². The van der Waals surface area contributed by atoms with Gasteiger partial charge in [-0.15, -0.1) is 11.8 Å². The van der Waals surface area contributed by atoms with Gasteiger partial charge in [-0.05, 0) is 84.4 Å². The quantitative estimate of drug-likeness (QED) is 0.166. The zero-order chi connectivity index (χ0) is 29.6. The molecule has 0 fully saturated rings. The van der Waals surface area contributed by atoms with Crippen LogP contribution in [0.25, 0.3) is 22.6 Å². The van der Waals surface area contributed by atoms with Gasteiger partial charge in [0.15, 0.2) is 5.58 Å². The van der Waals surface area contributed by atoms with Crippen LogP contribution in [0.5, 0.6) is 5.75 Å². The summed E-state index contributed by atoms with van der Waals surface area (Å²) < 4.78 is 11.0. The van der Waals surface area contributed by atoms with E-state index >= 15 is 0 Å². The number of fused-ring (bicyclic) bond motifs is 1. The minimum atomic E-state index is -0.537. The van der Waals surface area contributed by atoms with Gasteiger partial charge in [0.1, 0.15) is 16.5 Å². The molecule has 0 saturated carbocycles. The van der Waals surface area contributed by atoms with Crippen LogP contribution < -0.4 is 15.4 Å². The number of nitrogens with one attached hydrogen (secondary N) is 2. The van der Waals surface area contributed by atoms with Gasteiger partial charge in [0, 0.05) is 27.4 Å². The highest BCUT2D eigenvalue weighted by Gasteiger charge is 2.23. The molecule has 0 aliphatic heterocycles. The van der Waals surface area contributed by atoms with Crippen LogP contribution in [0.2, 0.25) is 0 Å². The first-order chi connectivity index (χ1) is 21.1. The molecular weight excluding hydrogens is 558 g/mol. The molecule has 0 radical (unpaired) electrons. The Morgan fingerprint density at radius 1 is 0.767 bits per heavy atom. The van der Waals surface area contributed by atoms with Crippen molar-refractivity contribution in [2.45, 2.75) is 10.1 Å². The number of aromatic nitrogens is 1. The van der Waals surface area contributed by atoms with E-state index in [1.54, 1.807) is 31.4 Å². The van der Waals surface area contributed by atoms with Crippen LogP contribution in [-0.2, 0) is 4.79 Å². The van der Waals surface area contributed by atoms with E-state index in [2.05, 4.69) is 15.6 Å². The van der Waals surface area contributed by atoms with Gasteiger partial charge < -0.3 is 19.8 Å². The van der Waals surface area contributed by atoms with Crippen LogP contribution in [0.1, 0.15) is 21.2 Å². The highest BCUT2D eigenvalue weighted by Crippen LogP contribution is 2.37. The van der Waals surface area contributed by atoms with Gasteiger partial charge in [-0.3, -0.25) is 9.59 Å². The first kappa shape index (κ1) is 27.8. The van der Waals surface area contributed by atoms with Crippen LogP contribution in [0.4, 0.5) is 11.4 Å². The fourth-order valence-corrected chi connectivity index (χ4v) is 5.61. The first-order valence-corrected chi connectivity index (χ1v) is 14.5. The van der Waals surface area contributed by atoms with Crippen LogP contribution in [0, 0.1) is 0 Å². The number of ether oxygens (including phenoxy) is 1.